The number of benzene rings is 1. The van der Waals surface area contributed by atoms with Crippen LogP contribution < -0.4 is 4.74 Å². The first-order valence-corrected chi connectivity index (χ1v) is 7.60. The summed E-state index contributed by atoms with van der Waals surface area (Å²) in [5, 5.41) is 8.20. The zero-order valence-electron chi connectivity index (χ0n) is 12.0. The summed E-state index contributed by atoms with van der Waals surface area (Å²) in [5.41, 5.74) is 0.553. The summed E-state index contributed by atoms with van der Waals surface area (Å²) >= 11 is 6.09. The number of rotatable bonds is 3. The Balaban J connectivity index is 1.58. The second kappa shape index (κ2) is 6.75. The van der Waals surface area contributed by atoms with Crippen LogP contribution in [-0.2, 0) is 0 Å². The average molecular weight is 318 g/mol. The maximum Gasteiger partial charge on any atom is 0.255 e. The molecular weight excluding hydrogens is 302 g/mol. The summed E-state index contributed by atoms with van der Waals surface area (Å²) in [6, 6.07) is 10.7. The predicted molar refractivity (Wildman–Crippen MR) is 83.0 cm³/mol. The zero-order valence-corrected chi connectivity index (χ0v) is 12.7. The SMILES string of the molecule is O=C(c1ccccc1Cl)N1CCC(Oc2cccnn2)CC1. The van der Waals surface area contributed by atoms with E-state index in [2.05, 4.69) is 10.2 Å². The van der Waals surface area contributed by atoms with Gasteiger partial charge in [0.05, 0.1) is 10.6 Å². The molecule has 0 spiro atoms. The topological polar surface area (TPSA) is 55.3 Å². The van der Waals surface area contributed by atoms with Crippen molar-refractivity contribution in [3.05, 3.63) is 53.2 Å². The summed E-state index contributed by atoms with van der Waals surface area (Å²) < 4.78 is 5.78. The van der Waals surface area contributed by atoms with Gasteiger partial charge < -0.3 is 9.64 Å². The number of aromatic nitrogens is 2. The van der Waals surface area contributed by atoms with Crippen molar-refractivity contribution in [3.63, 3.8) is 0 Å². The summed E-state index contributed by atoms with van der Waals surface area (Å²) in [7, 11) is 0. The van der Waals surface area contributed by atoms with Gasteiger partial charge in [-0.15, -0.1) is 5.10 Å². The van der Waals surface area contributed by atoms with Gasteiger partial charge in [0.2, 0.25) is 5.88 Å². The second-order valence-electron chi connectivity index (χ2n) is 5.15. The first-order valence-electron chi connectivity index (χ1n) is 7.22. The van der Waals surface area contributed by atoms with Crippen molar-refractivity contribution in [2.75, 3.05) is 13.1 Å². The number of likely N-dealkylation sites (tertiary alicyclic amines) is 1. The van der Waals surface area contributed by atoms with E-state index in [1.165, 1.54) is 0 Å². The molecule has 0 saturated carbocycles. The number of carbonyl (C=O) groups excluding carboxylic acids is 1. The van der Waals surface area contributed by atoms with E-state index in [0.29, 0.717) is 29.6 Å². The van der Waals surface area contributed by atoms with E-state index < -0.39 is 0 Å². The third kappa shape index (κ3) is 3.36. The van der Waals surface area contributed by atoms with Crippen LogP contribution in [0.25, 0.3) is 0 Å². The number of hydrogen-bond acceptors (Lipinski definition) is 4. The van der Waals surface area contributed by atoms with Gasteiger partial charge in [-0.2, -0.15) is 5.10 Å². The van der Waals surface area contributed by atoms with E-state index in [1.807, 2.05) is 17.0 Å². The van der Waals surface area contributed by atoms with Crippen LogP contribution in [0.5, 0.6) is 5.88 Å². The van der Waals surface area contributed by atoms with E-state index in [-0.39, 0.29) is 12.0 Å². The summed E-state index contributed by atoms with van der Waals surface area (Å²) in [4.78, 5) is 14.3. The molecule has 5 nitrogen and oxygen atoms in total. The molecule has 114 valence electrons. The van der Waals surface area contributed by atoms with E-state index in [9.17, 15) is 4.79 Å². The monoisotopic (exact) mass is 317 g/mol. The van der Waals surface area contributed by atoms with Crippen LogP contribution in [0.1, 0.15) is 23.2 Å². The summed E-state index contributed by atoms with van der Waals surface area (Å²) in [5.74, 6) is 0.502. The van der Waals surface area contributed by atoms with Gasteiger partial charge in [0.15, 0.2) is 0 Å². The fraction of sp³-hybridized carbons (Fsp3) is 0.312. The average Bonchev–Trinajstić information content (AvgIpc) is 2.56. The first-order chi connectivity index (χ1) is 10.7. The molecule has 0 unspecified atom stereocenters. The first kappa shape index (κ1) is 14.8. The Morgan fingerprint density at radius 2 is 1.95 bits per heavy atom. The molecule has 1 amide bonds. The van der Waals surface area contributed by atoms with E-state index >= 15 is 0 Å². The zero-order chi connectivity index (χ0) is 15.4. The lowest BCUT2D eigenvalue weighted by atomic mass is 10.1. The van der Waals surface area contributed by atoms with Crippen LogP contribution in [0.4, 0.5) is 0 Å². The van der Waals surface area contributed by atoms with Gasteiger partial charge in [-0.1, -0.05) is 23.7 Å². The van der Waals surface area contributed by atoms with Crippen LogP contribution in [-0.4, -0.2) is 40.2 Å². The van der Waals surface area contributed by atoms with Crippen LogP contribution in [0.2, 0.25) is 5.02 Å². The Hall–Kier alpha value is -2.14. The van der Waals surface area contributed by atoms with Crippen molar-refractivity contribution in [2.45, 2.75) is 18.9 Å². The Bertz CT molecular complexity index is 643. The van der Waals surface area contributed by atoms with Crippen LogP contribution in [0, 0.1) is 0 Å². The van der Waals surface area contributed by atoms with E-state index in [0.717, 1.165) is 12.8 Å². The number of nitrogens with zero attached hydrogens (tertiary/aromatic N) is 3. The molecule has 0 bridgehead atoms. The quantitative estimate of drug-likeness (QED) is 0.873. The minimum absolute atomic E-state index is 0.0245. The van der Waals surface area contributed by atoms with Gasteiger partial charge in [-0.3, -0.25) is 4.79 Å². The maximum atomic E-state index is 12.5. The normalized spacial score (nSPS) is 15.6. The number of halogens is 1. The number of carbonyl (C=O) groups is 1. The second-order valence-corrected chi connectivity index (χ2v) is 5.56. The smallest absolute Gasteiger partial charge is 0.255 e. The van der Waals surface area contributed by atoms with Crippen molar-refractivity contribution < 1.29 is 9.53 Å². The molecule has 0 atom stereocenters. The lowest BCUT2D eigenvalue weighted by Gasteiger charge is -2.32. The van der Waals surface area contributed by atoms with Crippen molar-refractivity contribution in [1.29, 1.82) is 0 Å². The molecule has 6 heteroatoms. The standard InChI is InChI=1S/C16H16ClN3O2/c17-14-5-2-1-4-13(14)16(21)20-10-7-12(8-11-20)22-15-6-3-9-18-19-15/h1-6,9,12H,7-8,10-11H2. The highest BCUT2D eigenvalue weighted by Crippen LogP contribution is 2.21. The third-order valence-electron chi connectivity index (χ3n) is 3.67. The molecule has 22 heavy (non-hydrogen) atoms. The molecule has 0 radical (unpaired) electrons. The molecule has 1 saturated heterocycles. The minimum atomic E-state index is -0.0245. The summed E-state index contributed by atoms with van der Waals surface area (Å²) in [6.07, 6.45) is 3.21. The minimum Gasteiger partial charge on any atom is -0.473 e. The molecular formula is C16H16ClN3O2. The third-order valence-corrected chi connectivity index (χ3v) is 4.00. The van der Waals surface area contributed by atoms with Gasteiger partial charge in [0.1, 0.15) is 6.10 Å². The largest absolute Gasteiger partial charge is 0.473 e. The van der Waals surface area contributed by atoms with E-state index in [4.69, 9.17) is 16.3 Å². The number of amides is 1. The van der Waals surface area contributed by atoms with Crippen molar-refractivity contribution in [3.8, 4) is 5.88 Å². The van der Waals surface area contributed by atoms with Crippen molar-refractivity contribution in [2.24, 2.45) is 0 Å². The molecule has 3 rings (SSSR count). The van der Waals surface area contributed by atoms with E-state index in [1.54, 1.807) is 30.5 Å². The predicted octanol–water partition coefficient (Wildman–Crippen LogP) is 2.81. The maximum absolute atomic E-state index is 12.5. The highest BCUT2D eigenvalue weighted by atomic mass is 35.5. The van der Waals surface area contributed by atoms with Crippen LogP contribution >= 0.6 is 11.6 Å². The Kier molecular flexibility index (Phi) is 4.53. The lowest BCUT2D eigenvalue weighted by Crippen LogP contribution is -2.42. The van der Waals surface area contributed by atoms with Crippen molar-refractivity contribution >= 4 is 17.5 Å². The Morgan fingerprint density at radius 3 is 2.64 bits per heavy atom. The molecule has 1 aromatic heterocycles. The van der Waals surface area contributed by atoms with Gasteiger partial charge in [0, 0.05) is 38.2 Å². The lowest BCUT2D eigenvalue weighted by molar-refractivity contribution is 0.0586. The van der Waals surface area contributed by atoms with Gasteiger partial charge in [-0.25, -0.2) is 0 Å². The van der Waals surface area contributed by atoms with Gasteiger partial charge in [0.25, 0.3) is 5.91 Å². The fourth-order valence-corrected chi connectivity index (χ4v) is 2.72. The molecule has 1 aromatic carbocycles. The molecule has 1 fully saturated rings. The molecule has 2 heterocycles. The van der Waals surface area contributed by atoms with Gasteiger partial charge >= 0.3 is 0 Å². The Morgan fingerprint density at radius 1 is 1.18 bits per heavy atom. The highest BCUT2D eigenvalue weighted by Gasteiger charge is 2.25. The van der Waals surface area contributed by atoms with Gasteiger partial charge in [-0.05, 0) is 18.2 Å². The fourth-order valence-electron chi connectivity index (χ4n) is 2.50. The molecule has 1 aliphatic rings. The highest BCUT2D eigenvalue weighted by molar-refractivity contribution is 6.33. The molecule has 0 N–H and O–H groups in total. The Labute approximate surface area is 133 Å². The molecule has 2 aromatic rings. The summed E-state index contributed by atoms with van der Waals surface area (Å²) in [6.45, 7) is 1.30. The van der Waals surface area contributed by atoms with Crippen LogP contribution in [0.15, 0.2) is 42.6 Å². The molecule has 1 aliphatic heterocycles. The molecule has 0 aliphatic carbocycles. The number of ether oxygens (including phenoxy) is 1. The van der Waals surface area contributed by atoms with Crippen molar-refractivity contribution in [1.82, 2.24) is 15.1 Å². The number of hydrogen-bond donors (Lipinski definition) is 0. The number of piperidine rings is 1. The van der Waals surface area contributed by atoms with Crippen LogP contribution in [0.3, 0.4) is 0 Å².